The van der Waals surface area contributed by atoms with E-state index in [0.29, 0.717) is 16.8 Å². The van der Waals surface area contributed by atoms with Crippen LogP contribution in [0.5, 0.6) is 5.75 Å². The lowest BCUT2D eigenvalue weighted by molar-refractivity contribution is -0.142. The molecule has 23 heavy (non-hydrogen) atoms. The van der Waals surface area contributed by atoms with E-state index in [2.05, 4.69) is 25.4 Å². The number of halogens is 1. The van der Waals surface area contributed by atoms with E-state index in [0.717, 1.165) is 12.8 Å². The second-order valence-corrected chi connectivity index (χ2v) is 7.57. The summed E-state index contributed by atoms with van der Waals surface area (Å²) in [6, 6.07) is 4.31. The largest absolute Gasteiger partial charge is 0.481 e. The molecule has 1 heterocycles. The maximum Gasteiger partial charge on any atom is 0.343 e. The van der Waals surface area contributed by atoms with Gasteiger partial charge in [0.1, 0.15) is 5.75 Å². The molecule has 0 bridgehead atoms. The monoisotopic (exact) mass is 407 g/mol. The van der Waals surface area contributed by atoms with E-state index in [4.69, 9.17) is 9.47 Å². The zero-order valence-corrected chi connectivity index (χ0v) is 15.0. The summed E-state index contributed by atoms with van der Waals surface area (Å²) >= 11 is 3.24. The highest BCUT2D eigenvalue weighted by Gasteiger charge is 2.21. The van der Waals surface area contributed by atoms with E-state index >= 15 is 0 Å². The molecule has 7 nitrogen and oxygen atoms in total. The van der Waals surface area contributed by atoms with Crippen molar-refractivity contribution in [2.75, 3.05) is 26.9 Å². The van der Waals surface area contributed by atoms with Crippen LogP contribution >= 0.6 is 15.9 Å². The Kier molecular flexibility index (Phi) is 6.40. The minimum atomic E-state index is -3.63. The second-order valence-electron chi connectivity index (χ2n) is 4.94. The van der Waals surface area contributed by atoms with Crippen molar-refractivity contribution in [2.24, 2.45) is 0 Å². The van der Waals surface area contributed by atoms with Gasteiger partial charge < -0.3 is 14.2 Å². The van der Waals surface area contributed by atoms with Crippen LogP contribution in [-0.4, -0.2) is 47.4 Å². The van der Waals surface area contributed by atoms with Crippen LogP contribution in [0.15, 0.2) is 27.6 Å². The molecular formula is C14H18BrNO6S. The quantitative estimate of drug-likeness (QED) is 0.687. The Morgan fingerprint density at radius 1 is 1.48 bits per heavy atom. The second kappa shape index (κ2) is 8.09. The Hall–Kier alpha value is -1.16. The van der Waals surface area contributed by atoms with Crippen molar-refractivity contribution in [2.45, 2.75) is 23.8 Å². The van der Waals surface area contributed by atoms with Crippen LogP contribution in [0.3, 0.4) is 0 Å². The lowest BCUT2D eigenvalue weighted by atomic mass is 10.2. The van der Waals surface area contributed by atoms with E-state index in [1.165, 1.54) is 25.3 Å². The van der Waals surface area contributed by atoms with E-state index in [1.54, 1.807) is 0 Å². The lowest BCUT2D eigenvalue weighted by Gasteiger charge is -2.12. The van der Waals surface area contributed by atoms with Crippen molar-refractivity contribution in [1.82, 2.24) is 4.72 Å². The molecule has 0 spiro atoms. The van der Waals surface area contributed by atoms with Crippen LogP contribution < -0.4 is 9.46 Å². The van der Waals surface area contributed by atoms with E-state index in [9.17, 15) is 13.2 Å². The minimum Gasteiger partial charge on any atom is -0.481 e. The van der Waals surface area contributed by atoms with E-state index in [-0.39, 0.29) is 24.2 Å². The van der Waals surface area contributed by atoms with Crippen LogP contribution in [0.25, 0.3) is 0 Å². The molecule has 0 aliphatic carbocycles. The van der Waals surface area contributed by atoms with Crippen LogP contribution in [0, 0.1) is 0 Å². The number of hydrogen-bond donors (Lipinski definition) is 1. The van der Waals surface area contributed by atoms with Gasteiger partial charge in [-0.25, -0.2) is 17.9 Å². The number of carbonyl (C=O) groups is 1. The Bertz CT molecular complexity index is 657. The molecule has 0 radical (unpaired) electrons. The van der Waals surface area contributed by atoms with Gasteiger partial charge in [0.25, 0.3) is 0 Å². The molecule has 0 saturated carbocycles. The SMILES string of the molecule is COC(=O)COc1ccc(S(=O)(=O)NC[C@@H]2CCCO2)cc1Br. The zero-order valence-electron chi connectivity index (χ0n) is 12.6. The Morgan fingerprint density at radius 2 is 2.26 bits per heavy atom. The fourth-order valence-electron chi connectivity index (χ4n) is 2.05. The number of methoxy groups -OCH3 is 1. The first kappa shape index (κ1) is 18.2. The number of ether oxygens (including phenoxy) is 3. The van der Waals surface area contributed by atoms with Crippen molar-refractivity contribution in [3.05, 3.63) is 22.7 Å². The molecular weight excluding hydrogens is 390 g/mol. The smallest absolute Gasteiger partial charge is 0.343 e. The number of carbonyl (C=O) groups excluding carboxylic acids is 1. The molecule has 1 saturated heterocycles. The van der Waals surface area contributed by atoms with Crippen LogP contribution in [-0.2, 0) is 24.3 Å². The van der Waals surface area contributed by atoms with E-state index < -0.39 is 16.0 Å². The third-order valence-electron chi connectivity index (χ3n) is 3.31. The third kappa shape index (κ3) is 5.17. The molecule has 2 rings (SSSR count). The maximum absolute atomic E-state index is 12.3. The molecule has 0 amide bonds. The fraction of sp³-hybridized carbons (Fsp3) is 0.500. The summed E-state index contributed by atoms with van der Waals surface area (Å²) < 4.78 is 42.6. The van der Waals surface area contributed by atoms with Crippen molar-refractivity contribution in [1.29, 1.82) is 0 Å². The summed E-state index contributed by atoms with van der Waals surface area (Å²) in [5.74, 6) is -0.166. The highest BCUT2D eigenvalue weighted by molar-refractivity contribution is 9.10. The van der Waals surface area contributed by atoms with Gasteiger partial charge in [0.2, 0.25) is 10.0 Å². The fourth-order valence-corrected chi connectivity index (χ4v) is 3.79. The van der Waals surface area contributed by atoms with Gasteiger partial charge in [-0.15, -0.1) is 0 Å². The molecule has 1 fully saturated rings. The maximum atomic E-state index is 12.3. The van der Waals surface area contributed by atoms with E-state index in [1.807, 2.05) is 0 Å². The normalized spacial score (nSPS) is 17.9. The molecule has 1 aliphatic rings. The molecule has 1 atom stereocenters. The number of esters is 1. The van der Waals surface area contributed by atoms with Crippen molar-refractivity contribution in [3.8, 4) is 5.75 Å². The number of rotatable bonds is 7. The van der Waals surface area contributed by atoms with Crippen molar-refractivity contribution >= 4 is 31.9 Å². The van der Waals surface area contributed by atoms with Gasteiger partial charge in [0, 0.05) is 13.2 Å². The summed E-state index contributed by atoms with van der Waals surface area (Å²) in [6.45, 7) is 0.670. The summed E-state index contributed by atoms with van der Waals surface area (Å²) in [4.78, 5) is 11.2. The summed E-state index contributed by atoms with van der Waals surface area (Å²) in [6.07, 6.45) is 1.73. The lowest BCUT2D eigenvalue weighted by Crippen LogP contribution is -2.31. The van der Waals surface area contributed by atoms with Crippen LogP contribution in [0.4, 0.5) is 0 Å². The average Bonchev–Trinajstić information content (AvgIpc) is 3.05. The Morgan fingerprint density at radius 3 is 2.87 bits per heavy atom. The Labute approximate surface area is 143 Å². The first-order valence-corrected chi connectivity index (χ1v) is 9.30. The highest BCUT2D eigenvalue weighted by atomic mass is 79.9. The van der Waals surface area contributed by atoms with Gasteiger partial charge >= 0.3 is 5.97 Å². The molecule has 0 aromatic heterocycles. The molecule has 1 N–H and O–H groups in total. The van der Waals surface area contributed by atoms with Gasteiger partial charge in [-0.2, -0.15) is 0 Å². The number of benzene rings is 1. The molecule has 1 aromatic rings. The zero-order chi connectivity index (χ0) is 16.9. The minimum absolute atomic E-state index is 0.0733. The summed E-state index contributed by atoms with van der Waals surface area (Å²) in [5, 5.41) is 0. The average molecular weight is 408 g/mol. The first-order chi connectivity index (χ1) is 10.9. The first-order valence-electron chi connectivity index (χ1n) is 7.03. The number of sulfonamides is 1. The van der Waals surface area contributed by atoms with Gasteiger partial charge in [0.05, 0.1) is 22.6 Å². The molecule has 9 heteroatoms. The van der Waals surface area contributed by atoms with Crippen LogP contribution in [0.1, 0.15) is 12.8 Å². The van der Waals surface area contributed by atoms with Gasteiger partial charge in [-0.05, 0) is 47.0 Å². The highest BCUT2D eigenvalue weighted by Crippen LogP contribution is 2.28. The molecule has 128 valence electrons. The van der Waals surface area contributed by atoms with Gasteiger partial charge in [-0.3, -0.25) is 0 Å². The predicted octanol–water partition coefficient (Wildman–Crippen LogP) is 1.46. The predicted molar refractivity (Wildman–Crippen MR) is 85.8 cm³/mol. The standard InChI is InChI=1S/C14H18BrNO6S/c1-20-14(17)9-22-13-5-4-11(7-12(13)15)23(18,19)16-8-10-3-2-6-21-10/h4-5,7,10,16H,2-3,6,8-9H2,1H3/t10-/m0/s1. The van der Waals surface area contributed by atoms with Crippen LogP contribution in [0.2, 0.25) is 0 Å². The molecule has 1 aliphatic heterocycles. The number of nitrogens with one attached hydrogen (secondary N) is 1. The van der Waals surface area contributed by atoms with Gasteiger partial charge in [-0.1, -0.05) is 0 Å². The van der Waals surface area contributed by atoms with Crippen molar-refractivity contribution in [3.63, 3.8) is 0 Å². The topological polar surface area (TPSA) is 90.9 Å². The summed E-state index contributed by atoms with van der Waals surface area (Å²) in [5.41, 5.74) is 0. The molecule has 0 unspecified atom stereocenters. The van der Waals surface area contributed by atoms with Gasteiger partial charge in [0.15, 0.2) is 6.61 Å². The summed E-state index contributed by atoms with van der Waals surface area (Å²) in [7, 11) is -2.37. The third-order valence-corrected chi connectivity index (χ3v) is 5.35. The number of hydrogen-bond acceptors (Lipinski definition) is 6. The molecule has 1 aromatic carbocycles. The Balaban J connectivity index is 2.01. The van der Waals surface area contributed by atoms with Crippen molar-refractivity contribution < 1.29 is 27.4 Å².